The summed E-state index contributed by atoms with van der Waals surface area (Å²) in [7, 11) is 6.11. The largest absolute Gasteiger partial charge is 0.378 e. The molecule has 0 spiro atoms. The van der Waals surface area contributed by atoms with Crippen LogP contribution in [-0.2, 0) is 108 Å². The number of hydrogen-bond acceptors (Lipinski definition) is 10. The molecule has 16 nitrogen and oxygen atoms in total. The van der Waals surface area contributed by atoms with Gasteiger partial charge in [-0.2, -0.15) is 10.2 Å². The van der Waals surface area contributed by atoms with E-state index in [1.54, 1.807) is 31.0 Å². The molecule has 0 saturated heterocycles. The Hall–Kier alpha value is -14.8. The minimum atomic E-state index is -0.299. The smallest absolute Gasteiger partial charge is 0.125 e. The van der Waals surface area contributed by atoms with E-state index in [1.807, 2.05) is 163 Å². The molecule has 0 aliphatic heterocycles. The summed E-state index contributed by atoms with van der Waals surface area (Å²) < 4.78 is 40.5. The van der Waals surface area contributed by atoms with Crippen LogP contribution in [0.3, 0.4) is 0 Å². The number of halogens is 2. The van der Waals surface area contributed by atoms with Gasteiger partial charge in [-0.3, -0.25) is 33.7 Å². The number of anilines is 1. The van der Waals surface area contributed by atoms with E-state index in [9.17, 15) is 8.78 Å². The van der Waals surface area contributed by atoms with Crippen molar-refractivity contribution in [3.63, 3.8) is 0 Å². The number of aromatic nitrogens is 15. The van der Waals surface area contributed by atoms with Crippen LogP contribution in [0.5, 0.6) is 0 Å². The molecule has 0 amide bonds. The van der Waals surface area contributed by atoms with Gasteiger partial charge in [-0.05, 0) is 105 Å². The Morgan fingerprint density at radius 2 is 0.750 bits per heavy atom. The number of benzene rings is 18. The normalized spacial score (nSPS) is 11.2. The van der Waals surface area contributed by atoms with Crippen LogP contribution in [0, 0.1) is 55.0 Å². The van der Waals surface area contributed by atoms with Gasteiger partial charge >= 0.3 is 0 Å². The molecule has 5 radical (unpaired) electrons. The average Bonchev–Trinajstić information content (AvgIpc) is 1.49. The summed E-state index contributed by atoms with van der Waals surface area (Å²) in [4.78, 5) is 25.3. The number of pyridine rings is 5. The first-order valence-corrected chi connectivity index (χ1v) is 44.3. The molecule has 29 aromatic rings. The second-order valence-corrected chi connectivity index (χ2v) is 33.4. The van der Waals surface area contributed by atoms with E-state index in [0.29, 0.717) is 0 Å². The van der Waals surface area contributed by atoms with E-state index in [-0.39, 0.29) is 112 Å². The minimum Gasteiger partial charge on any atom is -0.378 e. The summed E-state index contributed by atoms with van der Waals surface area (Å²) in [5.74, 6) is 0.334. The first kappa shape index (κ1) is 94.2. The van der Waals surface area contributed by atoms with E-state index in [2.05, 4.69) is 298 Å². The van der Waals surface area contributed by atoms with Gasteiger partial charge in [-0.25, -0.2) is 0 Å². The molecule has 11 heterocycles. The number of rotatable bonds is 4. The summed E-state index contributed by atoms with van der Waals surface area (Å²) in [5.41, 5.74) is 22.9. The predicted molar refractivity (Wildman–Crippen MR) is 544 cm³/mol. The topological polar surface area (TPSA) is 147 Å². The number of nitrogens with zero attached hydrogens (tertiary/aromatic N) is 16. The molecule has 0 bridgehead atoms. The number of imidazole rings is 4. The zero-order chi connectivity index (χ0) is 90.5. The maximum Gasteiger partial charge on any atom is 0.125 e. The molecule has 0 aliphatic carbocycles. The van der Waals surface area contributed by atoms with Gasteiger partial charge in [0.1, 0.15) is 12.2 Å². The zero-order valence-corrected chi connectivity index (χ0v) is 86.8. The monoisotopic (exact) mass is 2710 g/mol. The Bertz CT molecular complexity index is 9680. The van der Waals surface area contributed by atoms with Crippen molar-refractivity contribution in [3.05, 3.63) is 431 Å². The van der Waals surface area contributed by atoms with Crippen molar-refractivity contribution in [2.24, 2.45) is 7.05 Å². The molecule has 0 atom stereocenters. The zero-order valence-electron chi connectivity index (χ0n) is 74.9. The Labute approximate surface area is 867 Å². The molecular weight excluding hydrogens is 2630 g/mol. The number of hydrogen-bond donors (Lipinski definition) is 0. The van der Waals surface area contributed by atoms with E-state index in [4.69, 9.17) is 15.0 Å². The van der Waals surface area contributed by atoms with Crippen molar-refractivity contribution in [2.45, 2.75) is 6.92 Å². The van der Waals surface area contributed by atoms with Crippen LogP contribution in [0.15, 0.2) is 377 Å². The number of para-hydroxylation sites is 7. The van der Waals surface area contributed by atoms with Crippen molar-refractivity contribution >= 4 is 202 Å². The number of aryl methyl sites for hydroxylation is 2. The fourth-order valence-electron chi connectivity index (χ4n) is 19.5. The van der Waals surface area contributed by atoms with Gasteiger partial charge in [-0.1, -0.05) is 248 Å². The van der Waals surface area contributed by atoms with Crippen LogP contribution < -0.4 is 4.90 Å². The molecule has 0 N–H and O–H groups in total. The molecule has 0 unspecified atom stereocenters. The van der Waals surface area contributed by atoms with Gasteiger partial charge in [-0.15, -0.1) is 165 Å². The van der Waals surface area contributed by atoms with E-state index in [1.165, 1.54) is 61.2 Å². The van der Waals surface area contributed by atoms with Crippen LogP contribution in [-0.4, -0.2) is 86.1 Å². The van der Waals surface area contributed by atoms with Gasteiger partial charge in [0.2, 0.25) is 0 Å². The summed E-state index contributed by atoms with van der Waals surface area (Å²) in [6, 6.07) is 135. The molecule has 0 fully saturated rings. The molecule has 0 aliphatic rings. The SMILES string of the molecule is CN(C)c1ccc2c3ccc[c-]c3c3nc4ccccc4n3c2c1.Cc1nnc2c3[c-]cccc3c3ccccc3n12.Cn1cnc2c3[c-]cc(F)cc3c3ccccc3c21.Fc1c[c-]c2c(c1)c1ccccc1c1c2ncn1-c1c(-c2ccccc2)cccc1-c1ccccc1.[Ir].[Ir].[Ir].[Ir].[Ir].[c-]1cccc2c1c1nc3ccccc3n1c1ccccc21.[c-]1cccc2c1c1nncn1c1cnccc21. The van der Waals surface area contributed by atoms with Crippen molar-refractivity contribution in [3.8, 4) is 27.9 Å². The van der Waals surface area contributed by atoms with Crippen molar-refractivity contribution in [2.75, 3.05) is 19.0 Å². The maximum absolute atomic E-state index is 14.3. The van der Waals surface area contributed by atoms with Gasteiger partial charge in [0.25, 0.3) is 0 Å². The summed E-state index contributed by atoms with van der Waals surface area (Å²) in [6.45, 7) is 1.97. The average molecular weight is 2700 g/mol. The Balaban J connectivity index is 0.000000108. The molecule has 140 heavy (non-hydrogen) atoms. The van der Waals surface area contributed by atoms with Crippen molar-refractivity contribution in [1.82, 2.24) is 72.1 Å². The van der Waals surface area contributed by atoms with Crippen LogP contribution in [0.1, 0.15) is 5.82 Å². The fraction of sp³-hybridized carbons (Fsp3) is 0.0342. The van der Waals surface area contributed by atoms with Gasteiger partial charge in [0, 0.05) is 201 Å². The van der Waals surface area contributed by atoms with Crippen molar-refractivity contribution in [1.29, 1.82) is 0 Å². The van der Waals surface area contributed by atoms with Crippen LogP contribution in [0.4, 0.5) is 14.5 Å². The molecule has 23 heteroatoms. The Kier molecular flexibility index (Phi) is 26.6. The van der Waals surface area contributed by atoms with Crippen LogP contribution >= 0.6 is 0 Å². The molecule has 11 aromatic heterocycles. The van der Waals surface area contributed by atoms with Gasteiger partial charge in [0.15, 0.2) is 0 Å². The summed E-state index contributed by atoms with van der Waals surface area (Å²) >= 11 is 0. The Morgan fingerprint density at radius 3 is 1.29 bits per heavy atom. The standard InChI is InChI=1S/C33H20FN2.C21H16N3.C19H11N2.C16H10FN2.C15H10N3.C13H7N4.5Ir/c34-24-18-19-28-30(20-24)27-14-7-8-15-29(27)33-31(28)35-21-36(33)32-25(22-10-3-1-4-11-22)16-9-17-26(32)23-12-5-2-6-13-23;1-23(2)14-11-12-16-15-7-3-4-8-17(15)21-22-18-9-5-6-10-19(18)24(21)20(16)13-14;1-2-9-15-13(7-1)14-8-3-5-11-17(14)21-18-12-6-4-10-16(18)20-19(15)21;1-19-9-18-15-12-7-6-10(17)8-14(12)11-4-2-3-5-13(11)16(15)19;1-10-16-17-15-13-8-3-2-6-11(13)12-7-4-5-9-14(12)18(10)15;1-2-4-11-9(3-1)10-5-6-14-7-12(10)17-8-15-16-13(11)17;;;;;/h1-18,20-21H;3-7,9-13H,1-2H3;1-8,10-12H;2-6,8-9H,1H3;2-7,9H,1H3;1-3,5-8H;;;;;/q6*-1;;;;;. The first-order valence-electron chi connectivity index (χ1n) is 44.3. The number of fused-ring (bicyclic) bond motifs is 40. The van der Waals surface area contributed by atoms with Crippen molar-refractivity contribution < 1.29 is 109 Å². The second kappa shape index (κ2) is 39.6. The molecule has 18 aromatic carbocycles. The van der Waals surface area contributed by atoms with Crippen LogP contribution in [0.25, 0.3) is 224 Å². The summed E-state index contributed by atoms with van der Waals surface area (Å²) in [5, 5.41) is 37.8. The minimum absolute atomic E-state index is 0. The second-order valence-electron chi connectivity index (χ2n) is 33.4. The quantitative estimate of drug-likeness (QED) is 0.123. The van der Waals surface area contributed by atoms with E-state index >= 15 is 0 Å². The fourth-order valence-corrected chi connectivity index (χ4v) is 19.5. The third-order valence-electron chi connectivity index (χ3n) is 25.4. The Morgan fingerprint density at radius 1 is 0.321 bits per heavy atom. The van der Waals surface area contributed by atoms with E-state index < -0.39 is 0 Å². The third-order valence-corrected chi connectivity index (χ3v) is 25.4. The van der Waals surface area contributed by atoms with E-state index in [0.717, 1.165) is 187 Å². The predicted octanol–water partition coefficient (Wildman–Crippen LogP) is 27.0. The summed E-state index contributed by atoms with van der Waals surface area (Å²) in [6.07, 6.45) is 9.01. The van der Waals surface area contributed by atoms with Gasteiger partial charge in [0.05, 0.1) is 68.5 Å². The molecule has 29 rings (SSSR count). The van der Waals surface area contributed by atoms with Gasteiger partial charge < -0.3 is 31.6 Å². The maximum atomic E-state index is 14.3. The molecule has 687 valence electrons. The molecule has 0 saturated carbocycles. The molecular formula is C117H74F2Ir5N16-6. The first-order chi connectivity index (χ1) is 66.5. The van der Waals surface area contributed by atoms with Crippen LogP contribution in [0.2, 0.25) is 0 Å². The third kappa shape index (κ3) is 16.3.